The van der Waals surface area contributed by atoms with Crippen molar-refractivity contribution >= 4 is 29.4 Å². The molecule has 2 aromatic carbocycles. The quantitative estimate of drug-likeness (QED) is 0.163. The van der Waals surface area contributed by atoms with Crippen LogP contribution >= 0.6 is 0 Å². The highest BCUT2D eigenvalue weighted by Crippen LogP contribution is 2.32. The summed E-state index contributed by atoms with van der Waals surface area (Å²) in [5, 5.41) is 0. The van der Waals surface area contributed by atoms with Crippen LogP contribution in [-0.4, -0.2) is 18.5 Å². The third-order valence-electron chi connectivity index (χ3n) is 6.14. The Kier molecular flexibility index (Phi) is 9.32. The molecular weight excluding hydrogens is 428 g/mol. The van der Waals surface area contributed by atoms with Crippen LogP contribution in [0.4, 0.5) is 11.4 Å². The number of hydrogen-bond donors (Lipinski definition) is 2. The van der Waals surface area contributed by atoms with Gasteiger partial charge in [0.25, 0.3) is 0 Å². The Morgan fingerprint density at radius 2 is 1.68 bits per heavy atom. The van der Waals surface area contributed by atoms with Gasteiger partial charge in [-0.3, -0.25) is 4.79 Å². The molecule has 4 N–H and O–H groups in total. The first-order valence-electron chi connectivity index (χ1n) is 11.9. The molecule has 180 valence electrons. The minimum Gasteiger partial charge on any atom is -0.462 e. The number of nitrogen functional groups attached to an aromatic ring is 2. The van der Waals surface area contributed by atoms with E-state index < -0.39 is 5.97 Å². The third kappa shape index (κ3) is 8.10. The summed E-state index contributed by atoms with van der Waals surface area (Å²) in [4.78, 5) is 24.5. The van der Waals surface area contributed by atoms with E-state index in [2.05, 4.69) is 6.58 Å². The molecule has 0 saturated heterocycles. The van der Waals surface area contributed by atoms with Crippen LogP contribution in [0.2, 0.25) is 0 Å². The molecule has 0 aliphatic heterocycles. The fraction of sp³-hybridized carbons (Fsp3) is 0.357. The van der Waals surface area contributed by atoms with E-state index in [1.165, 1.54) is 6.08 Å². The smallest absolute Gasteiger partial charge is 0.330 e. The molecule has 0 radical (unpaired) electrons. The molecule has 0 bridgehead atoms. The van der Waals surface area contributed by atoms with Crippen molar-refractivity contribution in [1.82, 2.24) is 0 Å². The Balaban J connectivity index is 1.40. The Hall–Kier alpha value is -3.54. The molecule has 1 aliphatic rings. The van der Waals surface area contributed by atoms with Crippen molar-refractivity contribution in [2.75, 3.05) is 18.1 Å². The van der Waals surface area contributed by atoms with Gasteiger partial charge in [-0.25, -0.2) is 4.79 Å². The SMILES string of the molecule is C=CCCC1CCC(C(=O)Oc2ccc(C=CC(=O)OCCc3cc(N)cc(N)c3)cc2)CC1. The summed E-state index contributed by atoms with van der Waals surface area (Å²) >= 11 is 0. The summed E-state index contributed by atoms with van der Waals surface area (Å²) in [6, 6.07) is 12.4. The molecule has 0 unspecified atom stereocenters. The minimum atomic E-state index is -0.434. The molecule has 1 fully saturated rings. The molecule has 0 atom stereocenters. The molecule has 6 nitrogen and oxygen atoms in total. The molecule has 1 saturated carbocycles. The van der Waals surface area contributed by atoms with Crippen LogP contribution in [0.25, 0.3) is 6.08 Å². The number of carbonyl (C=O) groups is 2. The molecular formula is C28H34N2O4. The van der Waals surface area contributed by atoms with Crippen molar-refractivity contribution < 1.29 is 19.1 Å². The van der Waals surface area contributed by atoms with E-state index in [-0.39, 0.29) is 18.5 Å². The summed E-state index contributed by atoms with van der Waals surface area (Å²) < 4.78 is 10.8. The summed E-state index contributed by atoms with van der Waals surface area (Å²) in [7, 11) is 0. The molecule has 2 aromatic rings. The second-order valence-corrected chi connectivity index (χ2v) is 8.83. The number of rotatable bonds is 10. The summed E-state index contributed by atoms with van der Waals surface area (Å²) in [6.45, 7) is 4.01. The highest BCUT2D eigenvalue weighted by molar-refractivity contribution is 5.87. The van der Waals surface area contributed by atoms with Crippen LogP contribution in [0, 0.1) is 11.8 Å². The summed E-state index contributed by atoms with van der Waals surface area (Å²) in [5.41, 5.74) is 14.4. The lowest BCUT2D eigenvalue weighted by Gasteiger charge is -2.26. The third-order valence-corrected chi connectivity index (χ3v) is 6.14. The van der Waals surface area contributed by atoms with Crippen molar-refractivity contribution in [3.05, 3.63) is 72.3 Å². The lowest BCUT2D eigenvalue weighted by molar-refractivity contribution is -0.140. The Bertz CT molecular complexity index is 985. The zero-order valence-electron chi connectivity index (χ0n) is 19.6. The number of nitrogens with two attached hydrogens (primary N) is 2. The second kappa shape index (κ2) is 12.6. The molecule has 0 amide bonds. The first-order valence-corrected chi connectivity index (χ1v) is 11.9. The lowest BCUT2D eigenvalue weighted by atomic mass is 9.80. The van der Waals surface area contributed by atoms with E-state index in [4.69, 9.17) is 20.9 Å². The first-order chi connectivity index (χ1) is 16.4. The molecule has 0 spiro atoms. The van der Waals surface area contributed by atoms with Gasteiger partial charge in [0.05, 0.1) is 12.5 Å². The topological polar surface area (TPSA) is 105 Å². The summed E-state index contributed by atoms with van der Waals surface area (Å²) in [5.74, 6) is 0.584. The highest BCUT2D eigenvalue weighted by atomic mass is 16.5. The molecule has 3 rings (SSSR count). The average molecular weight is 463 g/mol. The number of allylic oxidation sites excluding steroid dienone is 1. The second-order valence-electron chi connectivity index (χ2n) is 8.83. The van der Waals surface area contributed by atoms with Crippen molar-refractivity contribution in [3.8, 4) is 5.75 Å². The van der Waals surface area contributed by atoms with Gasteiger partial charge in [-0.15, -0.1) is 6.58 Å². The zero-order valence-corrected chi connectivity index (χ0v) is 19.6. The van der Waals surface area contributed by atoms with Gasteiger partial charge in [-0.2, -0.15) is 0 Å². The van der Waals surface area contributed by atoms with E-state index in [1.807, 2.05) is 18.2 Å². The van der Waals surface area contributed by atoms with Gasteiger partial charge in [0, 0.05) is 23.9 Å². The summed E-state index contributed by atoms with van der Waals surface area (Å²) in [6.07, 6.45) is 11.6. The van der Waals surface area contributed by atoms with Gasteiger partial charge in [0.1, 0.15) is 5.75 Å². The van der Waals surface area contributed by atoms with Gasteiger partial charge in [0.15, 0.2) is 0 Å². The van der Waals surface area contributed by atoms with E-state index in [0.29, 0.717) is 29.5 Å². The molecule has 0 heterocycles. The van der Waals surface area contributed by atoms with Crippen molar-refractivity contribution in [2.24, 2.45) is 11.8 Å². The van der Waals surface area contributed by atoms with Gasteiger partial charge in [0.2, 0.25) is 0 Å². The number of benzene rings is 2. The van der Waals surface area contributed by atoms with Crippen LogP contribution in [-0.2, 0) is 20.7 Å². The lowest BCUT2D eigenvalue weighted by Crippen LogP contribution is -2.25. The minimum absolute atomic E-state index is 0.0295. The maximum absolute atomic E-state index is 12.5. The van der Waals surface area contributed by atoms with Gasteiger partial charge >= 0.3 is 11.9 Å². The van der Waals surface area contributed by atoms with Crippen LogP contribution in [0.5, 0.6) is 5.75 Å². The predicted octanol–water partition coefficient (Wildman–Crippen LogP) is 5.33. The van der Waals surface area contributed by atoms with Crippen LogP contribution in [0.1, 0.15) is 49.7 Å². The van der Waals surface area contributed by atoms with Crippen LogP contribution in [0.3, 0.4) is 0 Å². The predicted molar refractivity (Wildman–Crippen MR) is 136 cm³/mol. The average Bonchev–Trinajstić information content (AvgIpc) is 2.82. The molecule has 0 aromatic heterocycles. The number of esters is 2. The normalized spacial score (nSPS) is 17.9. The highest BCUT2D eigenvalue weighted by Gasteiger charge is 2.27. The number of carbonyl (C=O) groups excluding carboxylic acids is 2. The maximum atomic E-state index is 12.5. The van der Waals surface area contributed by atoms with Gasteiger partial charge < -0.3 is 20.9 Å². The van der Waals surface area contributed by atoms with Crippen molar-refractivity contribution in [3.63, 3.8) is 0 Å². The van der Waals surface area contributed by atoms with Crippen molar-refractivity contribution in [1.29, 1.82) is 0 Å². The monoisotopic (exact) mass is 462 g/mol. The zero-order chi connectivity index (χ0) is 24.3. The van der Waals surface area contributed by atoms with Crippen molar-refractivity contribution in [2.45, 2.75) is 44.9 Å². The fourth-order valence-corrected chi connectivity index (χ4v) is 4.26. The van der Waals surface area contributed by atoms with E-state index in [9.17, 15) is 9.59 Å². The Morgan fingerprint density at radius 3 is 2.32 bits per heavy atom. The molecule has 1 aliphatic carbocycles. The number of hydrogen-bond acceptors (Lipinski definition) is 6. The fourth-order valence-electron chi connectivity index (χ4n) is 4.26. The standard InChI is InChI=1S/C28H34N2O4/c1-2-3-4-20-5-10-23(11-6-20)28(32)34-26-12-7-21(8-13-26)9-14-27(31)33-16-15-22-17-24(29)19-25(30)18-22/h2,7-9,12-14,17-20,23H,1,3-6,10-11,15-16,29-30H2. The van der Waals surface area contributed by atoms with E-state index >= 15 is 0 Å². The van der Waals surface area contributed by atoms with Gasteiger partial charge in [-0.05, 0) is 92.0 Å². The maximum Gasteiger partial charge on any atom is 0.330 e. The number of anilines is 2. The number of ether oxygens (including phenoxy) is 2. The molecule has 34 heavy (non-hydrogen) atoms. The Morgan fingerprint density at radius 1 is 1.00 bits per heavy atom. The van der Waals surface area contributed by atoms with E-state index in [0.717, 1.165) is 49.7 Å². The first kappa shape index (κ1) is 25.1. The molecule has 6 heteroatoms. The van der Waals surface area contributed by atoms with E-state index in [1.54, 1.807) is 36.4 Å². The largest absolute Gasteiger partial charge is 0.462 e. The van der Waals surface area contributed by atoms with Gasteiger partial charge in [-0.1, -0.05) is 18.2 Å². The van der Waals surface area contributed by atoms with Crippen LogP contribution < -0.4 is 16.2 Å². The Labute approximate surface area is 201 Å². The van der Waals surface area contributed by atoms with Crippen LogP contribution in [0.15, 0.2) is 61.2 Å².